The smallest absolute Gasteiger partial charge is 0.255 e. The van der Waals surface area contributed by atoms with E-state index in [2.05, 4.69) is 52.0 Å². The van der Waals surface area contributed by atoms with E-state index in [4.69, 9.17) is 15.1 Å². The van der Waals surface area contributed by atoms with Crippen molar-refractivity contribution in [2.45, 2.75) is 20.3 Å². The van der Waals surface area contributed by atoms with Gasteiger partial charge in [0.1, 0.15) is 17.5 Å². The molecule has 3 heterocycles. The fourth-order valence-electron chi connectivity index (χ4n) is 5.09. The highest BCUT2D eigenvalue weighted by atomic mass is 79.9. The Bertz CT molecular complexity index is 1690. The largest absolute Gasteiger partial charge is 0.352 e. The molecule has 0 spiro atoms. The van der Waals surface area contributed by atoms with Crippen molar-refractivity contribution in [1.29, 1.82) is 0 Å². The lowest BCUT2D eigenvalue weighted by Crippen LogP contribution is -2.49. The molecule has 6 rings (SSSR count). The summed E-state index contributed by atoms with van der Waals surface area (Å²) in [4.78, 5) is 27.3. The molecule has 7 nitrogen and oxygen atoms in total. The van der Waals surface area contributed by atoms with Gasteiger partial charge in [0.05, 0.1) is 22.3 Å². The Hall–Kier alpha value is -4.11. The molecule has 0 atom stereocenters. The van der Waals surface area contributed by atoms with Gasteiger partial charge in [-0.3, -0.25) is 4.79 Å². The van der Waals surface area contributed by atoms with E-state index in [0.717, 1.165) is 32.6 Å². The number of halogens is 2. The number of aromatic nitrogens is 4. The van der Waals surface area contributed by atoms with E-state index in [1.165, 1.54) is 17.7 Å². The van der Waals surface area contributed by atoms with Gasteiger partial charge >= 0.3 is 0 Å². The summed E-state index contributed by atoms with van der Waals surface area (Å²) in [6, 6.07) is 22.1. The molecule has 202 valence electrons. The van der Waals surface area contributed by atoms with Crippen LogP contribution >= 0.6 is 15.9 Å². The van der Waals surface area contributed by atoms with Crippen molar-refractivity contribution < 1.29 is 9.18 Å². The Morgan fingerprint density at radius 3 is 2.30 bits per heavy atom. The van der Waals surface area contributed by atoms with Gasteiger partial charge in [-0.05, 0) is 71.7 Å². The number of anilines is 1. The average Bonchev–Trinajstić information content (AvgIpc) is 3.30. The van der Waals surface area contributed by atoms with Gasteiger partial charge in [-0.15, -0.1) is 0 Å². The van der Waals surface area contributed by atoms with Crippen molar-refractivity contribution >= 4 is 38.7 Å². The van der Waals surface area contributed by atoms with Gasteiger partial charge in [-0.25, -0.2) is 19.0 Å². The standard InChI is InChI=1S/C31H28BrFN6O/c1-20-7-9-22(10-8-20)19-27-34-29(28-21(2)36-39(30(28)35-27)24-13-11-23(33)12-14-24)37-15-17-38(18-16-37)31(40)25-5-3-4-6-26(25)32/h3-14H,15-19H2,1-2H3. The first-order chi connectivity index (χ1) is 19.4. The van der Waals surface area contributed by atoms with E-state index in [1.54, 1.807) is 16.8 Å². The van der Waals surface area contributed by atoms with Gasteiger partial charge in [0.2, 0.25) is 0 Å². The highest BCUT2D eigenvalue weighted by molar-refractivity contribution is 9.10. The van der Waals surface area contributed by atoms with Crippen LogP contribution in [0, 0.1) is 19.7 Å². The lowest BCUT2D eigenvalue weighted by molar-refractivity contribution is 0.0745. The summed E-state index contributed by atoms with van der Waals surface area (Å²) in [6.07, 6.45) is 0.567. The minimum Gasteiger partial charge on any atom is -0.352 e. The molecule has 0 N–H and O–H groups in total. The molecule has 0 unspecified atom stereocenters. The lowest BCUT2D eigenvalue weighted by atomic mass is 10.1. The van der Waals surface area contributed by atoms with E-state index >= 15 is 0 Å². The number of fused-ring (bicyclic) bond motifs is 1. The third-order valence-corrected chi connectivity index (χ3v) is 7.95. The zero-order chi connectivity index (χ0) is 27.8. The second kappa shape index (κ2) is 10.8. The first-order valence-electron chi connectivity index (χ1n) is 13.2. The molecular weight excluding hydrogens is 571 g/mol. The highest BCUT2D eigenvalue weighted by Gasteiger charge is 2.27. The molecule has 0 saturated carbocycles. The van der Waals surface area contributed by atoms with Crippen LogP contribution in [0.4, 0.5) is 10.2 Å². The summed E-state index contributed by atoms with van der Waals surface area (Å²) < 4.78 is 16.2. The van der Waals surface area contributed by atoms with Crippen LogP contribution in [0.25, 0.3) is 16.7 Å². The maximum absolute atomic E-state index is 13.7. The monoisotopic (exact) mass is 598 g/mol. The maximum atomic E-state index is 13.7. The van der Waals surface area contributed by atoms with E-state index in [1.807, 2.05) is 36.1 Å². The average molecular weight is 600 g/mol. The molecule has 0 bridgehead atoms. The van der Waals surface area contributed by atoms with Gasteiger partial charge in [-0.1, -0.05) is 42.0 Å². The molecule has 1 aliphatic heterocycles. The van der Waals surface area contributed by atoms with Crippen molar-refractivity contribution in [3.63, 3.8) is 0 Å². The second-order valence-corrected chi connectivity index (χ2v) is 10.9. The fourth-order valence-corrected chi connectivity index (χ4v) is 5.54. The SMILES string of the molecule is Cc1ccc(Cc2nc(N3CCN(C(=O)c4ccccc4Br)CC3)c3c(C)nn(-c4ccc(F)cc4)c3n2)cc1. The molecule has 1 fully saturated rings. The van der Waals surface area contributed by atoms with Crippen LogP contribution in [0.2, 0.25) is 0 Å². The number of aryl methyl sites for hydroxylation is 2. The zero-order valence-corrected chi connectivity index (χ0v) is 23.9. The number of carbonyl (C=O) groups is 1. The van der Waals surface area contributed by atoms with Crippen molar-refractivity contribution in [1.82, 2.24) is 24.6 Å². The summed E-state index contributed by atoms with van der Waals surface area (Å²) >= 11 is 3.51. The summed E-state index contributed by atoms with van der Waals surface area (Å²) in [5, 5.41) is 5.66. The molecular formula is C31H28BrFN6O. The van der Waals surface area contributed by atoms with E-state index in [-0.39, 0.29) is 11.7 Å². The Morgan fingerprint density at radius 1 is 0.900 bits per heavy atom. The van der Waals surface area contributed by atoms with Crippen LogP contribution in [-0.4, -0.2) is 56.7 Å². The second-order valence-electron chi connectivity index (χ2n) is 10.1. The van der Waals surface area contributed by atoms with Crippen LogP contribution in [0.3, 0.4) is 0 Å². The van der Waals surface area contributed by atoms with Gasteiger partial charge in [0, 0.05) is 37.1 Å². The highest BCUT2D eigenvalue weighted by Crippen LogP contribution is 2.31. The number of hydrogen-bond acceptors (Lipinski definition) is 5. The summed E-state index contributed by atoms with van der Waals surface area (Å²) in [7, 11) is 0. The Morgan fingerprint density at radius 2 is 1.60 bits per heavy atom. The minimum absolute atomic E-state index is 0.0142. The normalized spacial score (nSPS) is 13.7. The quantitative estimate of drug-likeness (QED) is 0.252. The topological polar surface area (TPSA) is 67.2 Å². The third kappa shape index (κ3) is 5.09. The van der Waals surface area contributed by atoms with Gasteiger partial charge < -0.3 is 9.80 Å². The van der Waals surface area contributed by atoms with E-state index in [0.29, 0.717) is 49.6 Å². The first kappa shape index (κ1) is 26.1. The van der Waals surface area contributed by atoms with Crippen molar-refractivity contribution in [2.24, 2.45) is 0 Å². The predicted molar refractivity (Wildman–Crippen MR) is 158 cm³/mol. The molecule has 5 aromatic rings. The summed E-state index contributed by atoms with van der Waals surface area (Å²) in [5.41, 5.74) is 5.18. The Kier molecular flexibility index (Phi) is 7.06. The van der Waals surface area contributed by atoms with Crippen LogP contribution in [0.1, 0.15) is 33.0 Å². The number of hydrogen-bond donors (Lipinski definition) is 0. The number of nitrogens with zero attached hydrogens (tertiary/aromatic N) is 6. The van der Waals surface area contributed by atoms with Crippen LogP contribution in [-0.2, 0) is 6.42 Å². The molecule has 0 radical (unpaired) electrons. The summed E-state index contributed by atoms with van der Waals surface area (Å²) in [6.45, 7) is 6.42. The van der Waals surface area contributed by atoms with Gasteiger partial charge in [0.15, 0.2) is 5.65 Å². The van der Waals surface area contributed by atoms with Gasteiger partial charge in [-0.2, -0.15) is 5.10 Å². The minimum atomic E-state index is -0.303. The lowest BCUT2D eigenvalue weighted by Gasteiger charge is -2.36. The van der Waals surface area contributed by atoms with Crippen LogP contribution in [0.5, 0.6) is 0 Å². The molecule has 1 aliphatic rings. The number of piperazine rings is 1. The van der Waals surface area contributed by atoms with Crippen LogP contribution in [0.15, 0.2) is 77.3 Å². The van der Waals surface area contributed by atoms with Gasteiger partial charge in [0.25, 0.3) is 5.91 Å². The third-order valence-electron chi connectivity index (χ3n) is 7.25. The molecule has 1 amide bonds. The van der Waals surface area contributed by atoms with E-state index < -0.39 is 0 Å². The molecule has 3 aromatic carbocycles. The number of amides is 1. The number of benzene rings is 3. The molecule has 1 saturated heterocycles. The molecule has 0 aliphatic carbocycles. The molecule has 9 heteroatoms. The van der Waals surface area contributed by atoms with Crippen molar-refractivity contribution in [3.05, 3.63) is 111 Å². The van der Waals surface area contributed by atoms with Crippen molar-refractivity contribution in [3.8, 4) is 5.69 Å². The Balaban J connectivity index is 1.37. The number of carbonyl (C=O) groups excluding carboxylic acids is 1. The molecule has 40 heavy (non-hydrogen) atoms. The maximum Gasteiger partial charge on any atom is 0.255 e. The zero-order valence-electron chi connectivity index (χ0n) is 22.3. The van der Waals surface area contributed by atoms with E-state index in [9.17, 15) is 9.18 Å². The number of rotatable bonds is 5. The summed E-state index contributed by atoms with van der Waals surface area (Å²) in [5.74, 6) is 1.20. The van der Waals surface area contributed by atoms with Crippen molar-refractivity contribution in [2.75, 3.05) is 31.1 Å². The molecule has 2 aromatic heterocycles. The Labute approximate surface area is 240 Å². The predicted octanol–water partition coefficient (Wildman–Crippen LogP) is 5.89. The van der Waals surface area contributed by atoms with Crippen LogP contribution < -0.4 is 4.90 Å². The fraction of sp³-hybridized carbons (Fsp3) is 0.226. The first-order valence-corrected chi connectivity index (χ1v) is 14.0.